The van der Waals surface area contributed by atoms with Crippen LogP contribution in [0.2, 0.25) is 0 Å². The van der Waals surface area contributed by atoms with Crippen LogP contribution in [0.15, 0.2) is 6.20 Å². The number of aromatic amines is 1. The minimum absolute atomic E-state index is 0.101. The molecule has 0 saturated carbocycles. The van der Waals surface area contributed by atoms with Crippen molar-refractivity contribution in [1.82, 2.24) is 25.1 Å². The number of hydrogen-bond acceptors (Lipinski definition) is 7. The Balaban J connectivity index is 1.90. The van der Waals surface area contributed by atoms with Gasteiger partial charge >= 0.3 is 0 Å². The molecule has 0 atom stereocenters. The van der Waals surface area contributed by atoms with Crippen molar-refractivity contribution in [3.63, 3.8) is 0 Å². The van der Waals surface area contributed by atoms with Gasteiger partial charge in [-0.15, -0.1) is 5.10 Å². The summed E-state index contributed by atoms with van der Waals surface area (Å²) in [7, 11) is 1.34. The maximum atomic E-state index is 13.0. The highest BCUT2D eigenvalue weighted by Crippen LogP contribution is 2.13. The van der Waals surface area contributed by atoms with Gasteiger partial charge in [-0.2, -0.15) is 14.4 Å². The second kappa shape index (κ2) is 5.25. The average molecular weight is 253 g/mol. The van der Waals surface area contributed by atoms with Gasteiger partial charge in [0, 0.05) is 13.0 Å². The van der Waals surface area contributed by atoms with Crippen LogP contribution in [-0.2, 0) is 6.42 Å². The number of aromatic nitrogens is 5. The maximum absolute atomic E-state index is 13.0. The zero-order valence-electron chi connectivity index (χ0n) is 9.64. The largest absolute Gasteiger partial charge is 0.479 e. The van der Waals surface area contributed by atoms with E-state index in [1.54, 1.807) is 0 Å². The first-order valence-electron chi connectivity index (χ1n) is 5.16. The molecule has 0 radical (unpaired) electrons. The van der Waals surface area contributed by atoms with Gasteiger partial charge < -0.3 is 15.8 Å². The molecule has 4 N–H and O–H groups in total. The Morgan fingerprint density at radius 3 is 3.00 bits per heavy atom. The number of anilines is 2. The lowest BCUT2D eigenvalue weighted by atomic mass is 10.4. The predicted octanol–water partition coefficient (Wildman–Crippen LogP) is -0.0208. The van der Waals surface area contributed by atoms with Crippen molar-refractivity contribution in [2.24, 2.45) is 0 Å². The van der Waals surface area contributed by atoms with Crippen LogP contribution in [0.25, 0.3) is 0 Å². The molecule has 2 heterocycles. The van der Waals surface area contributed by atoms with Crippen LogP contribution in [-0.4, -0.2) is 38.8 Å². The standard InChI is InChI=1S/C9H12FN7O/c1-18-7-5(10)4-13-9(15-7)12-3-2-6-14-8(11)17-16-6/h4H,2-3H2,1H3,(H,12,13,15)(H3,11,14,16,17). The number of nitrogens with one attached hydrogen (secondary N) is 2. The van der Waals surface area contributed by atoms with Crippen molar-refractivity contribution in [2.45, 2.75) is 6.42 Å². The molecule has 0 aromatic carbocycles. The highest BCUT2D eigenvalue weighted by Gasteiger charge is 2.06. The van der Waals surface area contributed by atoms with Crippen molar-refractivity contribution < 1.29 is 9.13 Å². The number of nitrogens with zero attached hydrogens (tertiary/aromatic N) is 4. The molecule has 0 saturated heterocycles. The molecule has 18 heavy (non-hydrogen) atoms. The molecular formula is C9H12FN7O. The fourth-order valence-electron chi connectivity index (χ4n) is 1.29. The molecule has 0 aliphatic carbocycles. The Hall–Kier alpha value is -2.45. The number of nitrogens with two attached hydrogens (primary N) is 1. The summed E-state index contributed by atoms with van der Waals surface area (Å²) in [5, 5.41) is 9.27. The summed E-state index contributed by atoms with van der Waals surface area (Å²) in [5.41, 5.74) is 5.36. The Labute approximate surface area is 102 Å². The van der Waals surface area contributed by atoms with Crippen molar-refractivity contribution in [1.29, 1.82) is 0 Å². The molecular weight excluding hydrogens is 241 g/mol. The number of halogens is 1. The molecule has 96 valence electrons. The minimum Gasteiger partial charge on any atom is -0.479 e. The zero-order valence-corrected chi connectivity index (χ0v) is 9.64. The van der Waals surface area contributed by atoms with E-state index in [1.165, 1.54) is 7.11 Å². The van der Waals surface area contributed by atoms with Gasteiger partial charge in [0.2, 0.25) is 17.7 Å². The van der Waals surface area contributed by atoms with Crippen molar-refractivity contribution in [3.8, 4) is 5.88 Å². The number of hydrogen-bond donors (Lipinski definition) is 3. The van der Waals surface area contributed by atoms with Crippen LogP contribution in [0.4, 0.5) is 16.3 Å². The fourth-order valence-corrected chi connectivity index (χ4v) is 1.29. The molecule has 9 heteroatoms. The summed E-state index contributed by atoms with van der Waals surface area (Å²) in [6.07, 6.45) is 1.61. The van der Waals surface area contributed by atoms with Crippen molar-refractivity contribution in [2.75, 3.05) is 24.7 Å². The molecule has 8 nitrogen and oxygen atoms in total. The molecule has 2 rings (SSSR count). The van der Waals surface area contributed by atoms with E-state index in [0.717, 1.165) is 6.20 Å². The van der Waals surface area contributed by atoms with Crippen LogP contribution in [0.3, 0.4) is 0 Å². The SMILES string of the molecule is COc1nc(NCCc2nc(N)n[nH]2)ncc1F. The normalized spacial score (nSPS) is 10.3. The quantitative estimate of drug-likeness (QED) is 0.685. The van der Waals surface area contributed by atoms with Gasteiger partial charge in [-0.25, -0.2) is 4.98 Å². The topological polar surface area (TPSA) is 115 Å². The van der Waals surface area contributed by atoms with Crippen LogP contribution in [0.5, 0.6) is 5.88 Å². The molecule has 0 fully saturated rings. The summed E-state index contributed by atoms with van der Waals surface area (Å²) in [6, 6.07) is 0. The molecule has 0 amide bonds. The van der Waals surface area contributed by atoms with Crippen LogP contribution in [0.1, 0.15) is 5.82 Å². The zero-order chi connectivity index (χ0) is 13.0. The Morgan fingerprint density at radius 1 is 1.50 bits per heavy atom. The third-order valence-corrected chi connectivity index (χ3v) is 2.10. The second-order valence-electron chi connectivity index (χ2n) is 3.37. The third-order valence-electron chi connectivity index (χ3n) is 2.10. The number of H-pyrrole nitrogens is 1. The van der Waals surface area contributed by atoms with Crippen molar-refractivity contribution in [3.05, 3.63) is 17.8 Å². The average Bonchev–Trinajstić information content (AvgIpc) is 2.77. The van der Waals surface area contributed by atoms with E-state index in [4.69, 9.17) is 10.5 Å². The first-order valence-corrected chi connectivity index (χ1v) is 5.16. The Morgan fingerprint density at radius 2 is 2.33 bits per heavy atom. The van der Waals surface area contributed by atoms with E-state index < -0.39 is 5.82 Å². The molecule has 0 unspecified atom stereocenters. The molecule has 2 aromatic rings. The van der Waals surface area contributed by atoms with Gasteiger partial charge in [-0.1, -0.05) is 0 Å². The lowest BCUT2D eigenvalue weighted by molar-refractivity contribution is 0.368. The first-order chi connectivity index (χ1) is 8.69. The second-order valence-corrected chi connectivity index (χ2v) is 3.37. The van der Waals surface area contributed by atoms with E-state index >= 15 is 0 Å². The summed E-state index contributed by atoms with van der Waals surface area (Å²) in [5.74, 6) is 0.419. The molecule has 0 aliphatic rings. The molecule has 2 aromatic heterocycles. The summed E-state index contributed by atoms with van der Waals surface area (Å²) in [4.78, 5) is 11.5. The lowest BCUT2D eigenvalue weighted by Crippen LogP contribution is -2.09. The van der Waals surface area contributed by atoms with Crippen LogP contribution in [0, 0.1) is 5.82 Å². The fraction of sp³-hybridized carbons (Fsp3) is 0.333. The van der Waals surface area contributed by atoms with Gasteiger partial charge in [0.05, 0.1) is 13.3 Å². The Bertz CT molecular complexity index is 529. The van der Waals surface area contributed by atoms with E-state index in [2.05, 4.69) is 30.5 Å². The number of nitrogen functional groups attached to an aromatic ring is 1. The third kappa shape index (κ3) is 2.81. The van der Waals surface area contributed by atoms with Gasteiger partial charge in [0.15, 0.2) is 0 Å². The smallest absolute Gasteiger partial charge is 0.255 e. The lowest BCUT2D eigenvalue weighted by Gasteiger charge is -2.05. The predicted molar refractivity (Wildman–Crippen MR) is 61.5 cm³/mol. The van der Waals surface area contributed by atoms with E-state index in [9.17, 15) is 4.39 Å². The number of ether oxygens (including phenoxy) is 1. The highest BCUT2D eigenvalue weighted by atomic mass is 19.1. The highest BCUT2D eigenvalue weighted by molar-refractivity contribution is 5.28. The van der Waals surface area contributed by atoms with E-state index in [0.29, 0.717) is 18.8 Å². The van der Waals surface area contributed by atoms with Crippen molar-refractivity contribution >= 4 is 11.9 Å². The van der Waals surface area contributed by atoms with Crippen LogP contribution >= 0.6 is 0 Å². The summed E-state index contributed by atoms with van der Waals surface area (Å²) < 4.78 is 17.8. The molecule has 0 spiro atoms. The van der Waals surface area contributed by atoms with E-state index in [1.807, 2.05) is 0 Å². The van der Waals surface area contributed by atoms with Gasteiger partial charge in [-0.3, -0.25) is 5.10 Å². The molecule has 0 aliphatic heterocycles. The first kappa shape index (κ1) is 12.0. The number of rotatable bonds is 5. The Kier molecular flexibility index (Phi) is 3.51. The van der Waals surface area contributed by atoms with Gasteiger partial charge in [0.25, 0.3) is 5.88 Å². The summed E-state index contributed by atoms with van der Waals surface area (Å²) in [6.45, 7) is 0.503. The monoisotopic (exact) mass is 253 g/mol. The van der Waals surface area contributed by atoms with E-state index in [-0.39, 0.29) is 17.8 Å². The molecule has 0 bridgehead atoms. The minimum atomic E-state index is -0.606. The van der Waals surface area contributed by atoms with Gasteiger partial charge in [-0.05, 0) is 0 Å². The van der Waals surface area contributed by atoms with Gasteiger partial charge in [0.1, 0.15) is 5.82 Å². The number of methoxy groups -OCH3 is 1. The maximum Gasteiger partial charge on any atom is 0.255 e. The van der Waals surface area contributed by atoms with Crippen LogP contribution < -0.4 is 15.8 Å². The summed E-state index contributed by atoms with van der Waals surface area (Å²) >= 11 is 0.